The summed E-state index contributed by atoms with van der Waals surface area (Å²) in [5.74, 6) is -0.149. The smallest absolute Gasteiger partial charge is 0.253 e. The van der Waals surface area contributed by atoms with Gasteiger partial charge >= 0.3 is 0 Å². The van der Waals surface area contributed by atoms with Gasteiger partial charge in [0.25, 0.3) is 5.91 Å². The molecule has 0 atom stereocenters. The minimum absolute atomic E-state index is 0.149. The number of carbonyl (C=O) groups excluding carboxylic acids is 1. The number of nitrogens with zero attached hydrogens (tertiary/aromatic N) is 2. The first kappa shape index (κ1) is 13.2. The molecule has 0 aliphatic carbocycles. The maximum absolute atomic E-state index is 12.0. The summed E-state index contributed by atoms with van der Waals surface area (Å²) in [5, 5.41) is 3.74. The molecular formula is C14H10BrN3OS. The Hall–Kier alpha value is -1.79. The Morgan fingerprint density at radius 1 is 1.25 bits per heavy atom. The zero-order valence-electron chi connectivity index (χ0n) is 10.3. The van der Waals surface area contributed by atoms with Crippen molar-refractivity contribution in [3.05, 3.63) is 57.8 Å². The van der Waals surface area contributed by atoms with Crippen molar-refractivity contribution >= 4 is 43.4 Å². The van der Waals surface area contributed by atoms with Crippen molar-refractivity contribution in [1.29, 1.82) is 0 Å². The molecule has 100 valence electrons. The molecule has 4 nitrogen and oxygen atoms in total. The van der Waals surface area contributed by atoms with Crippen molar-refractivity contribution in [2.75, 3.05) is 0 Å². The number of pyridine rings is 1. The van der Waals surface area contributed by atoms with E-state index < -0.39 is 0 Å². The van der Waals surface area contributed by atoms with E-state index in [9.17, 15) is 4.79 Å². The van der Waals surface area contributed by atoms with Crippen LogP contribution in [0.5, 0.6) is 0 Å². The number of halogens is 1. The molecule has 3 rings (SSSR count). The zero-order valence-corrected chi connectivity index (χ0v) is 12.7. The van der Waals surface area contributed by atoms with Crippen molar-refractivity contribution in [3.63, 3.8) is 0 Å². The zero-order chi connectivity index (χ0) is 13.9. The van der Waals surface area contributed by atoms with Crippen LogP contribution in [0.2, 0.25) is 0 Å². The number of hydrogen-bond donors (Lipinski definition) is 1. The van der Waals surface area contributed by atoms with Gasteiger partial charge in [0.2, 0.25) is 0 Å². The molecule has 1 aromatic carbocycles. The second-order valence-corrected chi connectivity index (χ2v) is 6.06. The Bertz CT molecular complexity index is 721. The van der Waals surface area contributed by atoms with Gasteiger partial charge in [0.1, 0.15) is 9.61 Å². The first-order chi connectivity index (χ1) is 9.72. The van der Waals surface area contributed by atoms with Crippen LogP contribution in [-0.2, 0) is 6.54 Å². The van der Waals surface area contributed by atoms with Crippen LogP contribution in [0.3, 0.4) is 0 Å². The van der Waals surface area contributed by atoms with Gasteiger partial charge in [0, 0.05) is 6.20 Å². The van der Waals surface area contributed by atoms with E-state index in [1.54, 1.807) is 23.5 Å². The highest BCUT2D eigenvalue weighted by molar-refractivity contribution is 9.10. The SMILES string of the molecule is O=C(NCc1nc2ccccc2s1)c1ccc(Br)nc1. The molecular weight excluding hydrogens is 338 g/mol. The van der Waals surface area contributed by atoms with E-state index >= 15 is 0 Å². The van der Waals surface area contributed by atoms with Crippen LogP contribution in [0, 0.1) is 0 Å². The van der Waals surface area contributed by atoms with Gasteiger partial charge in [-0.05, 0) is 40.2 Å². The topological polar surface area (TPSA) is 54.9 Å². The number of aromatic nitrogens is 2. The fourth-order valence-electron chi connectivity index (χ4n) is 1.76. The molecule has 2 heterocycles. The Labute approximate surface area is 128 Å². The largest absolute Gasteiger partial charge is 0.345 e. The lowest BCUT2D eigenvalue weighted by Crippen LogP contribution is -2.22. The summed E-state index contributed by atoms with van der Waals surface area (Å²) in [6.07, 6.45) is 1.54. The lowest BCUT2D eigenvalue weighted by Gasteiger charge is -2.02. The molecule has 0 saturated carbocycles. The number of fused-ring (bicyclic) bond motifs is 1. The quantitative estimate of drug-likeness (QED) is 0.739. The molecule has 0 fully saturated rings. The van der Waals surface area contributed by atoms with Gasteiger partial charge in [-0.2, -0.15) is 0 Å². The molecule has 2 aromatic heterocycles. The van der Waals surface area contributed by atoms with Crippen LogP contribution in [0.15, 0.2) is 47.2 Å². The third kappa shape index (κ3) is 2.86. The molecule has 0 unspecified atom stereocenters. The molecule has 0 aliphatic rings. The number of rotatable bonds is 3. The fraction of sp³-hybridized carbons (Fsp3) is 0.0714. The molecule has 1 amide bonds. The number of hydrogen-bond acceptors (Lipinski definition) is 4. The minimum atomic E-state index is -0.149. The molecule has 0 radical (unpaired) electrons. The van der Waals surface area contributed by atoms with Gasteiger partial charge in [-0.15, -0.1) is 11.3 Å². The third-order valence-corrected chi connectivity index (χ3v) is 4.23. The molecule has 0 saturated heterocycles. The lowest BCUT2D eigenvalue weighted by atomic mass is 10.3. The van der Waals surface area contributed by atoms with Crippen molar-refractivity contribution in [3.8, 4) is 0 Å². The van der Waals surface area contributed by atoms with Crippen LogP contribution in [-0.4, -0.2) is 15.9 Å². The second-order valence-electron chi connectivity index (χ2n) is 4.13. The van der Waals surface area contributed by atoms with Crippen LogP contribution >= 0.6 is 27.3 Å². The van der Waals surface area contributed by atoms with Crippen molar-refractivity contribution < 1.29 is 4.79 Å². The number of thiazole rings is 1. The summed E-state index contributed by atoms with van der Waals surface area (Å²) in [6.45, 7) is 0.425. The molecule has 6 heteroatoms. The highest BCUT2D eigenvalue weighted by Crippen LogP contribution is 2.21. The third-order valence-electron chi connectivity index (χ3n) is 2.73. The van der Waals surface area contributed by atoms with Crippen LogP contribution in [0.25, 0.3) is 10.2 Å². The average molecular weight is 348 g/mol. The van der Waals surface area contributed by atoms with Gasteiger partial charge in [0.15, 0.2) is 0 Å². The average Bonchev–Trinajstić information content (AvgIpc) is 2.88. The molecule has 1 N–H and O–H groups in total. The first-order valence-corrected chi connectivity index (χ1v) is 7.57. The van der Waals surface area contributed by atoms with E-state index in [2.05, 4.69) is 31.2 Å². The predicted octanol–water partition coefficient (Wildman–Crippen LogP) is 3.38. The molecule has 0 bridgehead atoms. The minimum Gasteiger partial charge on any atom is -0.345 e. The van der Waals surface area contributed by atoms with Crippen molar-refractivity contribution in [2.24, 2.45) is 0 Å². The summed E-state index contributed by atoms with van der Waals surface area (Å²) in [5.41, 5.74) is 1.50. The monoisotopic (exact) mass is 347 g/mol. The highest BCUT2D eigenvalue weighted by Gasteiger charge is 2.08. The van der Waals surface area contributed by atoms with Crippen molar-refractivity contribution in [2.45, 2.75) is 6.54 Å². The van der Waals surface area contributed by atoms with E-state index in [4.69, 9.17) is 0 Å². The Morgan fingerprint density at radius 3 is 2.85 bits per heavy atom. The standard InChI is InChI=1S/C14H10BrN3OS/c15-12-6-5-9(7-16-12)14(19)17-8-13-18-10-3-1-2-4-11(10)20-13/h1-7H,8H2,(H,17,19). The van der Waals surface area contributed by atoms with Crippen LogP contribution in [0.4, 0.5) is 0 Å². The lowest BCUT2D eigenvalue weighted by molar-refractivity contribution is 0.0950. The summed E-state index contributed by atoms with van der Waals surface area (Å²) in [4.78, 5) is 20.5. The maximum Gasteiger partial charge on any atom is 0.253 e. The first-order valence-electron chi connectivity index (χ1n) is 5.96. The van der Waals surface area contributed by atoms with Gasteiger partial charge in [-0.3, -0.25) is 4.79 Å². The van der Waals surface area contributed by atoms with Crippen LogP contribution in [0.1, 0.15) is 15.4 Å². The molecule has 0 aliphatic heterocycles. The highest BCUT2D eigenvalue weighted by atomic mass is 79.9. The number of benzene rings is 1. The van der Waals surface area contributed by atoms with Gasteiger partial charge in [-0.25, -0.2) is 9.97 Å². The summed E-state index contributed by atoms with van der Waals surface area (Å²) < 4.78 is 1.84. The van der Waals surface area contributed by atoms with E-state index in [-0.39, 0.29) is 5.91 Å². The summed E-state index contributed by atoms with van der Waals surface area (Å²) >= 11 is 4.83. The number of amides is 1. The Morgan fingerprint density at radius 2 is 2.10 bits per heavy atom. The van der Waals surface area contributed by atoms with E-state index in [0.29, 0.717) is 16.7 Å². The predicted molar refractivity (Wildman–Crippen MR) is 82.7 cm³/mol. The molecule has 20 heavy (non-hydrogen) atoms. The maximum atomic E-state index is 12.0. The van der Waals surface area contributed by atoms with Gasteiger partial charge in [-0.1, -0.05) is 12.1 Å². The summed E-state index contributed by atoms with van der Waals surface area (Å²) in [7, 11) is 0. The van der Waals surface area contributed by atoms with Gasteiger partial charge < -0.3 is 5.32 Å². The van der Waals surface area contributed by atoms with E-state index in [1.807, 2.05) is 24.3 Å². The Kier molecular flexibility index (Phi) is 3.75. The second kappa shape index (κ2) is 5.68. The Balaban J connectivity index is 1.69. The number of carbonyl (C=O) groups is 1. The number of para-hydroxylation sites is 1. The molecule has 3 aromatic rings. The van der Waals surface area contributed by atoms with Crippen molar-refractivity contribution in [1.82, 2.24) is 15.3 Å². The van der Waals surface area contributed by atoms with E-state index in [1.165, 1.54) is 6.20 Å². The number of nitrogens with one attached hydrogen (secondary N) is 1. The van der Waals surface area contributed by atoms with E-state index in [0.717, 1.165) is 15.2 Å². The fourth-order valence-corrected chi connectivity index (χ4v) is 2.91. The normalized spacial score (nSPS) is 10.7. The van der Waals surface area contributed by atoms with Crippen LogP contribution < -0.4 is 5.32 Å². The molecule has 0 spiro atoms. The summed E-state index contributed by atoms with van der Waals surface area (Å²) in [6, 6.07) is 11.4. The van der Waals surface area contributed by atoms with Gasteiger partial charge in [0.05, 0.1) is 22.3 Å².